The second-order valence-electron chi connectivity index (χ2n) is 6.24. The third kappa shape index (κ3) is 2.42. The van der Waals surface area contributed by atoms with E-state index in [2.05, 4.69) is 51.9 Å². The highest BCUT2D eigenvalue weighted by Crippen LogP contribution is 2.44. The predicted molar refractivity (Wildman–Crippen MR) is 79.4 cm³/mol. The van der Waals surface area contributed by atoms with Gasteiger partial charge in [-0.1, -0.05) is 17.7 Å². The molecule has 1 aromatic rings. The van der Waals surface area contributed by atoms with Gasteiger partial charge in [0.1, 0.15) is 0 Å². The number of aryl methyl sites for hydroxylation is 3. The van der Waals surface area contributed by atoms with Gasteiger partial charge in [-0.2, -0.15) is 0 Å². The molecule has 1 fully saturated rings. The molecule has 0 aliphatic carbocycles. The molecule has 1 atom stereocenters. The number of rotatable bonds is 4. The van der Waals surface area contributed by atoms with Crippen LogP contribution in [0.2, 0.25) is 0 Å². The summed E-state index contributed by atoms with van der Waals surface area (Å²) in [5, 5.41) is 0. The lowest BCUT2D eigenvalue weighted by atomic mass is 9.72. The summed E-state index contributed by atoms with van der Waals surface area (Å²) in [4.78, 5) is 2.29. The summed E-state index contributed by atoms with van der Waals surface area (Å²) < 4.78 is 5.48. The first-order valence-electron chi connectivity index (χ1n) is 6.93. The highest BCUT2D eigenvalue weighted by Gasteiger charge is 2.47. The maximum atomic E-state index is 6.07. The molecule has 19 heavy (non-hydrogen) atoms. The minimum absolute atomic E-state index is 0.0638. The van der Waals surface area contributed by atoms with Crippen molar-refractivity contribution in [2.24, 2.45) is 11.1 Å². The van der Waals surface area contributed by atoms with E-state index in [1.807, 2.05) is 0 Å². The minimum Gasteiger partial charge on any atom is -0.380 e. The lowest BCUT2D eigenvalue weighted by Crippen LogP contribution is -2.56. The molecule has 1 aromatic carbocycles. The molecule has 0 saturated carbocycles. The zero-order chi connectivity index (χ0) is 14.2. The maximum Gasteiger partial charge on any atom is 0.0575 e. The van der Waals surface area contributed by atoms with E-state index in [-0.39, 0.29) is 5.41 Å². The first-order chi connectivity index (χ1) is 8.91. The molecule has 1 aliphatic rings. The standard InChI is InChI=1S/C16H26N2O/c1-11-6-12(2)14(13(3)7-11)15(18(4)5)16(8-17)9-19-10-16/h6-7,15H,8-10,17H2,1-5H3. The number of hydrogen-bond acceptors (Lipinski definition) is 3. The van der Waals surface area contributed by atoms with Gasteiger partial charge in [0, 0.05) is 18.0 Å². The van der Waals surface area contributed by atoms with Gasteiger partial charge in [0.05, 0.1) is 13.2 Å². The summed E-state index contributed by atoms with van der Waals surface area (Å²) in [6.45, 7) is 8.76. The maximum absolute atomic E-state index is 6.07. The Labute approximate surface area is 116 Å². The van der Waals surface area contributed by atoms with E-state index in [0.717, 1.165) is 13.2 Å². The quantitative estimate of drug-likeness (QED) is 0.904. The van der Waals surface area contributed by atoms with Crippen LogP contribution in [-0.4, -0.2) is 38.8 Å². The van der Waals surface area contributed by atoms with Crippen LogP contribution in [0.5, 0.6) is 0 Å². The molecule has 2 rings (SSSR count). The van der Waals surface area contributed by atoms with E-state index in [0.29, 0.717) is 12.6 Å². The van der Waals surface area contributed by atoms with Crippen molar-refractivity contribution in [2.75, 3.05) is 33.9 Å². The molecule has 106 valence electrons. The Morgan fingerprint density at radius 2 is 1.74 bits per heavy atom. The van der Waals surface area contributed by atoms with Gasteiger partial charge in [-0.15, -0.1) is 0 Å². The van der Waals surface area contributed by atoms with Gasteiger partial charge in [-0.25, -0.2) is 0 Å². The fourth-order valence-electron chi connectivity index (χ4n) is 3.49. The number of nitrogens with zero attached hydrogens (tertiary/aromatic N) is 1. The molecule has 2 N–H and O–H groups in total. The van der Waals surface area contributed by atoms with Crippen LogP contribution in [0.25, 0.3) is 0 Å². The van der Waals surface area contributed by atoms with Crippen LogP contribution in [0.3, 0.4) is 0 Å². The summed E-state index contributed by atoms with van der Waals surface area (Å²) in [5.41, 5.74) is 11.6. The molecule has 3 heteroatoms. The van der Waals surface area contributed by atoms with Crippen molar-refractivity contribution in [2.45, 2.75) is 26.8 Å². The van der Waals surface area contributed by atoms with Crippen LogP contribution in [0.15, 0.2) is 12.1 Å². The molecule has 1 saturated heterocycles. The summed E-state index contributed by atoms with van der Waals surface area (Å²) in [6.07, 6.45) is 0. The van der Waals surface area contributed by atoms with Crippen LogP contribution < -0.4 is 5.73 Å². The van der Waals surface area contributed by atoms with E-state index in [1.54, 1.807) is 0 Å². The van der Waals surface area contributed by atoms with Crippen LogP contribution >= 0.6 is 0 Å². The fourth-order valence-corrected chi connectivity index (χ4v) is 3.49. The van der Waals surface area contributed by atoms with E-state index in [1.165, 1.54) is 22.3 Å². The average Bonchev–Trinajstić information content (AvgIpc) is 2.24. The van der Waals surface area contributed by atoms with Gasteiger partial charge in [0.15, 0.2) is 0 Å². The molecule has 0 aromatic heterocycles. The smallest absolute Gasteiger partial charge is 0.0575 e. The molecule has 0 bridgehead atoms. The second kappa shape index (κ2) is 5.23. The SMILES string of the molecule is Cc1cc(C)c(C(N(C)C)C2(CN)COC2)c(C)c1. The second-order valence-corrected chi connectivity index (χ2v) is 6.24. The van der Waals surface area contributed by atoms with E-state index in [4.69, 9.17) is 10.5 Å². The van der Waals surface area contributed by atoms with Crippen molar-refractivity contribution < 1.29 is 4.74 Å². The van der Waals surface area contributed by atoms with Crippen molar-refractivity contribution in [1.82, 2.24) is 4.90 Å². The van der Waals surface area contributed by atoms with E-state index >= 15 is 0 Å². The Morgan fingerprint density at radius 1 is 1.21 bits per heavy atom. The van der Waals surface area contributed by atoms with E-state index in [9.17, 15) is 0 Å². The Balaban J connectivity index is 2.51. The molecule has 0 spiro atoms. The van der Waals surface area contributed by atoms with Crippen LogP contribution in [0.4, 0.5) is 0 Å². The first kappa shape index (κ1) is 14.5. The summed E-state index contributed by atoms with van der Waals surface area (Å²) in [5.74, 6) is 0. The molecule has 1 aliphatic heterocycles. The Bertz CT molecular complexity index is 435. The fraction of sp³-hybridized carbons (Fsp3) is 0.625. The van der Waals surface area contributed by atoms with Gasteiger partial charge in [-0.3, -0.25) is 0 Å². The highest BCUT2D eigenvalue weighted by atomic mass is 16.5. The zero-order valence-electron chi connectivity index (χ0n) is 12.8. The van der Waals surface area contributed by atoms with Gasteiger partial charge in [0.2, 0.25) is 0 Å². The van der Waals surface area contributed by atoms with Crippen molar-refractivity contribution in [3.05, 3.63) is 34.4 Å². The van der Waals surface area contributed by atoms with Gasteiger partial charge >= 0.3 is 0 Å². The number of ether oxygens (including phenoxy) is 1. The lowest BCUT2D eigenvalue weighted by molar-refractivity contribution is -0.145. The summed E-state index contributed by atoms with van der Waals surface area (Å²) in [6, 6.07) is 4.86. The number of nitrogens with two attached hydrogens (primary N) is 1. The number of hydrogen-bond donors (Lipinski definition) is 1. The monoisotopic (exact) mass is 262 g/mol. The summed E-state index contributed by atoms with van der Waals surface area (Å²) >= 11 is 0. The summed E-state index contributed by atoms with van der Waals surface area (Å²) in [7, 11) is 4.28. The Hall–Kier alpha value is -0.900. The van der Waals surface area contributed by atoms with Crippen molar-refractivity contribution in [3.8, 4) is 0 Å². The van der Waals surface area contributed by atoms with Crippen LogP contribution in [0, 0.1) is 26.2 Å². The minimum atomic E-state index is 0.0638. The molecular weight excluding hydrogens is 236 g/mol. The Morgan fingerprint density at radius 3 is 2.05 bits per heavy atom. The average molecular weight is 262 g/mol. The predicted octanol–water partition coefficient (Wildman–Crippen LogP) is 2.19. The van der Waals surface area contributed by atoms with Crippen LogP contribution in [0.1, 0.15) is 28.3 Å². The molecular formula is C16H26N2O. The zero-order valence-corrected chi connectivity index (χ0v) is 12.8. The van der Waals surface area contributed by atoms with Crippen molar-refractivity contribution in [3.63, 3.8) is 0 Å². The third-order valence-corrected chi connectivity index (χ3v) is 4.29. The van der Waals surface area contributed by atoms with Gasteiger partial charge < -0.3 is 15.4 Å². The molecule has 0 amide bonds. The van der Waals surface area contributed by atoms with E-state index < -0.39 is 0 Å². The van der Waals surface area contributed by atoms with Crippen molar-refractivity contribution in [1.29, 1.82) is 0 Å². The first-order valence-corrected chi connectivity index (χ1v) is 6.93. The van der Waals surface area contributed by atoms with Crippen molar-refractivity contribution >= 4 is 0 Å². The third-order valence-electron chi connectivity index (χ3n) is 4.29. The molecule has 0 radical (unpaired) electrons. The lowest BCUT2D eigenvalue weighted by Gasteiger charge is -2.50. The highest BCUT2D eigenvalue weighted by molar-refractivity contribution is 5.41. The van der Waals surface area contributed by atoms with Crippen LogP contribution in [-0.2, 0) is 4.74 Å². The largest absolute Gasteiger partial charge is 0.380 e. The normalized spacial score (nSPS) is 19.3. The van der Waals surface area contributed by atoms with Gasteiger partial charge in [0.25, 0.3) is 0 Å². The molecule has 3 nitrogen and oxygen atoms in total. The molecule has 1 heterocycles. The Kier molecular flexibility index (Phi) is 4.00. The molecule has 1 unspecified atom stereocenters. The number of benzene rings is 1. The van der Waals surface area contributed by atoms with Gasteiger partial charge in [-0.05, 0) is 51.6 Å². The topological polar surface area (TPSA) is 38.5 Å².